The standard InChI is InChI=1S/C24H34N6O7/c25-10-4-3-7-18(23(36)28-13-21(33)34)30-24(37)19(8-9-20(31)32)29-22(35)16(26)11-14-12-27-17-6-2-1-5-15(14)17/h1-2,5-6,12,16,18-19,27H,3-4,7-11,13,25-26H2,(H,28,36)(H,29,35)(H,30,37)(H,31,32)(H,33,34). The van der Waals surface area contributed by atoms with Gasteiger partial charge in [0.1, 0.15) is 18.6 Å². The monoisotopic (exact) mass is 518 g/mol. The summed E-state index contributed by atoms with van der Waals surface area (Å²) in [5, 5.41) is 26.0. The van der Waals surface area contributed by atoms with Crippen LogP contribution in [0.4, 0.5) is 0 Å². The molecule has 0 bridgehead atoms. The minimum absolute atomic E-state index is 0.169. The number of carboxylic acid groups (broad SMARTS) is 2. The van der Waals surface area contributed by atoms with Crippen LogP contribution in [0.3, 0.4) is 0 Å². The second-order valence-corrected chi connectivity index (χ2v) is 8.62. The van der Waals surface area contributed by atoms with Crippen LogP contribution in [0.15, 0.2) is 30.5 Å². The van der Waals surface area contributed by atoms with Crippen LogP contribution in [0.5, 0.6) is 0 Å². The average Bonchev–Trinajstić information content (AvgIpc) is 3.26. The third kappa shape index (κ3) is 9.54. The fraction of sp³-hybridized carbons (Fsp3) is 0.458. The van der Waals surface area contributed by atoms with Crippen LogP contribution < -0.4 is 27.4 Å². The van der Waals surface area contributed by atoms with Crippen molar-refractivity contribution in [1.29, 1.82) is 0 Å². The van der Waals surface area contributed by atoms with E-state index >= 15 is 0 Å². The number of amides is 3. The van der Waals surface area contributed by atoms with Crippen molar-refractivity contribution in [2.45, 2.75) is 56.7 Å². The number of carboxylic acids is 2. The lowest BCUT2D eigenvalue weighted by atomic mass is 10.0. The summed E-state index contributed by atoms with van der Waals surface area (Å²) >= 11 is 0. The number of nitrogens with one attached hydrogen (secondary N) is 4. The first-order valence-corrected chi connectivity index (χ1v) is 11.9. The second-order valence-electron chi connectivity index (χ2n) is 8.62. The van der Waals surface area contributed by atoms with Gasteiger partial charge in [0.05, 0.1) is 6.04 Å². The summed E-state index contributed by atoms with van der Waals surface area (Å²) in [6.45, 7) is -0.271. The maximum atomic E-state index is 13.0. The highest BCUT2D eigenvalue weighted by atomic mass is 16.4. The van der Waals surface area contributed by atoms with Gasteiger partial charge in [-0.15, -0.1) is 0 Å². The van der Waals surface area contributed by atoms with E-state index in [1.54, 1.807) is 6.20 Å². The number of H-pyrrole nitrogens is 1. The van der Waals surface area contributed by atoms with E-state index in [4.69, 9.17) is 21.7 Å². The van der Waals surface area contributed by atoms with Gasteiger partial charge in [0, 0.05) is 23.5 Å². The maximum absolute atomic E-state index is 13.0. The molecule has 13 heteroatoms. The van der Waals surface area contributed by atoms with E-state index in [0.29, 0.717) is 19.4 Å². The van der Waals surface area contributed by atoms with Gasteiger partial charge in [-0.25, -0.2) is 0 Å². The molecule has 1 aromatic heterocycles. The molecule has 3 unspecified atom stereocenters. The van der Waals surface area contributed by atoms with Gasteiger partial charge < -0.3 is 42.6 Å². The van der Waals surface area contributed by atoms with Crippen LogP contribution in [0, 0.1) is 0 Å². The number of hydrogen-bond donors (Lipinski definition) is 8. The molecular weight excluding hydrogens is 484 g/mol. The van der Waals surface area contributed by atoms with E-state index < -0.39 is 60.8 Å². The summed E-state index contributed by atoms with van der Waals surface area (Å²) in [6.07, 6.45) is 2.48. The first-order chi connectivity index (χ1) is 17.6. The van der Waals surface area contributed by atoms with Crippen LogP contribution in [-0.4, -0.2) is 76.1 Å². The Labute approximate surface area is 213 Å². The SMILES string of the molecule is NCCCCC(NC(=O)C(CCC(=O)O)NC(=O)C(N)Cc1c[nH]c2ccccc12)C(=O)NCC(=O)O. The van der Waals surface area contributed by atoms with Gasteiger partial charge in [0.15, 0.2) is 0 Å². The molecule has 2 aromatic rings. The van der Waals surface area contributed by atoms with E-state index in [1.165, 1.54) is 0 Å². The van der Waals surface area contributed by atoms with Crippen molar-refractivity contribution in [2.75, 3.05) is 13.1 Å². The zero-order valence-electron chi connectivity index (χ0n) is 20.4. The minimum Gasteiger partial charge on any atom is -0.481 e. The van der Waals surface area contributed by atoms with Crippen molar-refractivity contribution in [3.8, 4) is 0 Å². The number of benzene rings is 1. The van der Waals surface area contributed by atoms with Crippen LogP contribution in [0.2, 0.25) is 0 Å². The van der Waals surface area contributed by atoms with E-state index in [9.17, 15) is 24.0 Å². The van der Waals surface area contributed by atoms with Crippen molar-refractivity contribution in [3.63, 3.8) is 0 Å². The Morgan fingerprint density at radius 3 is 2.24 bits per heavy atom. The normalized spacial score (nSPS) is 13.4. The molecule has 1 aromatic carbocycles. The zero-order valence-corrected chi connectivity index (χ0v) is 20.4. The van der Waals surface area contributed by atoms with Crippen LogP contribution in [-0.2, 0) is 30.4 Å². The summed E-state index contributed by atoms with van der Waals surface area (Å²) in [7, 11) is 0. The quantitative estimate of drug-likeness (QED) is 0.130. The predicted octanol–water partition coefficient (Wildman–Crippen LogP) is -0.798. The van der Waals surface area contributed by atoms with Crippen molar-refractivity contribution in [2.24, 2.45) is 11.5 Å². The molecule has 1 heterocycles. The van der Waals surface area contributed by atoms with Gasteiger partial charge in [-0.2, -0.15) is 0 Å². The molecule has 13 nitrogen and oxygen atoms in total. The summed E-state index contributed by atoms with van der Waals surface area (Å²) in [5.74, 6) is -4.58. The smallest absolute Gasteiger partial charge is 0.322 e. The molecule has 0 radical (unpaired) electrons. The number of para-hydroxylation sites is 1. The van der Waals surface area contributed by atoms with Crippen molar-refractivity contribution >= 4 is 40.6 Å². The molecule has 3 amide bonds. The fourth-order valence-corrected chi connectivity index (χ4v) is 3.77. The van der Waals surface area contributed by atoms with E-state index in [1.807, 2.05) is 24.3 Å². The Morgan fingerprint density at radius 1 is 0.892 bits per heavy atom. The van der Waals surface area contributed by atoms with E-state index in [0.717, 1.165) is 16.5 Å². The van der Waals surface area contributed by atoms with Crippen LogP contribution in [0.1, 0.15) is 37.7 Å². The number of carbonyl (C=O) groups is 5. The Bertz CT molecular complexity index is 1100. The molecule has 37 heavy (non-hydrogen) atoms. The molecule has 2 rings (SSSR count). The highest BCUT2D eigenvalue weighted by Crippen LogP contribution is 2.18. The number of aliphatic carboxylic acids is 2. The van der Waals surface area contributed by atoms with Gasteiger partial charge in [-0.05, 0) is 50.3 Å². The van der Waals surface area contributed by atoms with Gasteiger partial charge in [0.25, 0.3) is 0 Å². The summed E-state index contributed by atoms with van der Waals surface area (Å²) < 4.78 is 0. The Hall–Kier alpha value is -3.97. The number of carbonyl (C=O) groups excluding carboxylic acids is 3. The zero-order chi connectivity index (χ0) is 27.4. The number of nitrogens with two attached hydrogens (primary N) is 2. The molecule has 0 spiro atoms. The molecule has 202 valence electrons. The lowest BCUT2D eigenvalue weighted by Crippen LogP contribution is -2.56. The number of aromatic nitrogens is 1. The summed E-state index contributed by atoms with van der Waals surface area (Å²) in [5.41, 5.74) is 13.3. The maximum Gasteiger partial charge on any atom is 0.322 e. The molecule has 3 atom stereocenters. The molecule has 0 fully saturated rings. The fourth-order valence-electron chi connectivity index (χ4n) is 3.77. The first kappa shape index (κ1) is 29.3. The molecular formula is C24H34N6O7. The molecule has 10 N–H and O–H groups in total. The Morgan fingerprint density at radius 2 is 1.57 bits per heavy atom. The number of fused-ring (bicyclic) bond motifs is 1. The van der Waals surface area contributed by atoms with Gasteiger partial charge in [-0.3, -0.25) is 24.0 Å². The lowest BCUT2D eigenvalue weighted by Gasteiger charge is -2.24. The second kappa shape index (κ2) is 14.6. The molecule has 0 aliphatic carbocycles. The number of hydrogen-bond acceptors (Lipinski definition) is 7. The molecule has 0 saturated heterocycles. The lowest BCUT2D eigenvalue weighted by molar-refractivity contribution is -0.138. The van der Waals surface area contributed by atoms with Crippen LogP contribution >= 0.6 is 0 Å². The predicted molar refractivity (Wildman–Crippen MR) is 134 cm³/mol. The first-order valence-electron chi connectivity index (χ1n) is 11.9. The van der Waals surface area contributed by atoms with Gasteiger partial charge in [0.2, 0.25) is 17.7 Å². The van der Waals surface area contributed by atoms with Crippen LogP contribution in [0.25, 0.3) is 10.9 Å². The Kier molecular flexibility index (Phi) is 11.5. The van der Waals surface area contributed by atoms with Gasteiger partial charge in [-0.1, -0.05) is 18.2 Å². The summed E-state index contributed by atoms with van der Waals surface area (Å²) in [4.78, 5) is 63.3. The van der Waals surface area contributed by atoms with E-state index in [2.05, 4.69) is 20.9 Å². The molecule has 0 saturated carbocycles. The summed E-state index contributed by atoms with van der Waals surface area (Å²) in [6, 6.07) is 4.09. The molecule has 0 aliphatic rings. The third-order valence-electron chi connectivity index (χ3n) is 5.73. The van der Waals surface area contributed by atoms with E-state index in [-0.39, 0.29) is 19.3 Å². The number of unbranched alkanes of at least 4 members (excludes halogenated alkanes) is 1. The Balaban J connectivity index is 2.10. The minimum atomic E-state index is -1.28. The number of rotatable bonds is 16. The van der Waals surface area contributed by atoms with Crippen molar-refractivity contribution in [1.82, 2.24) is 20.9 Å². The topological polar surface area (TPSA) is 230 Å². The van der Waals surface area contributed by atoms with Crippen molar-refractivity contribution in [3.05, 3.63) is 36.0 Å². The highest BCUT2D eigenvalue weighted by molar-refractivity contribution is 5.94. The van der Waals surface area contributed by atoms with Gasteiger partial charge >= 0.3 is 11.9 Å². The average molecular weight is 519 g/mol. The van der Waals surface area contributed by atoms with Crippen molar-refractivity contribution < 1.29 is 34.2 Å². The third-order valence-corrected chi connectivity index (χ3v) is 5.73. The largest absolute Gasteiger partial charge is 0.481 e. The number of aromatic amines is 1. The molecule has 0 aliphatic heterocycles. The highest BCUT2D eigenvalue weighted by Gasteiger charge is 2.29.